The molecule has 0 bridgehead atoms. The van der Waals surface area contributed by atoms with E-state index in [0.717, 1.165) is 19.3 Å². The van der Waals surface area contributed by atoms with Crippen LogP contribution in [-0.2, 0) is 28.5 Å². The third-order valence-corrected chi connectivity index (χ3v) is 7.25. The molecule has 1 unspecified atom stereocenters. The normalized spacial score (nSPS) is 27.5. The number of aliphatic hydroxyl groups is 6. The first-order valence-electron chi connectivity index (χ1n) is 14.7. The zero-order valence-corrected chi connectivity index (χ0v) is 23.5. The molecule has 40 heavy (non-hydrogen) atoms. The standard InChI is InChI=1S/C28H48O12/c1-2-3-4-5-6-7-8-9-10-11-12-13-14-15-20(31)37-17-18(30)25-24(35)26(27(36)39-25)40-28-23(34)22(33)21(32)19(16-29)38-28/h18-19,21-23,25,28-30,32-35H,2-17H2,1H3/t18-,19+,21+,22-,23+,25+,28?/m0/s1. The smallest absolute Gasteiger partial charge is 0.378 e. The number of unbranched alkanes of at least 4 members (excludes halogenated alkanes) is 12. The highest BCUT2D eigenvalue weighted by atomic mass is 16.7. The van der Waals surface area contributed by atoms with Crippen molar-refractivity contribution in [1.82, 2.24) is 0 Å². The lowest BCUT2D eigenvalue weighted by molar-refractivity contribution is -0.291. The Morgan fingerprint density at radius 3 is 1.98 bits per heavy atom. The number of ether oxygens (including phenoxy) is 4. The lowest BCUT2D eigenvalue weighted by Crippen LogP contribution is -2.59. The Morgan fingerprint density at radius 2 is 1.43 bits per heavy atom. The van der Waals surface area contributed by atoms with Crippen LogP contribution in [0.5, 0.6) is 0 Å². The van der Waals surface area contributed by atoms with Gasteiger partial charge in [-0.3, -0.25) is 4.79 Å². The summed E-state index contributed by atoms with van der Waals surface area (Å²) in [7, 11) is 0. The molecule has 12 heteroatoms. The van der Waals surface area contributed by atoms with E-state index < -0.39 is 79.6 Å². The number of cyclic esters (lactones) is 1. The van der Waals surface area contributed by atoms with E-state index in [1.165, 1.54) is 57.8 Å². The van der Waals surface area contributed by atoms with Crippen LogP contribution in [-0.4, -0.2) is 98.7 Å². The number of carbonyl (C=O) groups is 2. The van der Waals surface area contributed by atoms with Gasteiger partial charge in [-0.05, 0) is 6.42 Å². The fourth-order valence-electron chi connectivity index (χ4n) is 4.73. The maximum atomic E-state index is 12.2. The molecule has 2 aliphatic rings. The van der Waals surface area contributed by atoms with Crippen LogP contribution in [0.1, 0.15) is 96.8 Å². The molecule has 2 rings (SSSR count). The molecule has 232 valence electrons. The van der Waals surface area contributed by atoms with Crippen molar-refractivity contribution in [2.24, 2.45) is 0 Å². The lowest BCUT2D eigenvalue weighted by atomic mass is 9.99. The van der Waals surface area contributed by atoms with Crippen LogP contribution in [0.4, 0.5) is 0 Å². The molecule has 12 nitrogen and oxygen atoms in total. The number of rotatable bonds is 20. The molecule has 0 saturated carbocycles. The van der Waals surface area contributed by atoms with Gasteiger partial charge in [0.1, 0.15) is 37.1 Å². The second-order valence-electron chi connectivity index (χ2n) is 10.6. The van der Waals surface area contributed by atoms with Gasteiger partial charge in [0.15, 0.2) is 11.9 Å². The van der Waals surface area contributed by atoms with E-state index in [1.54, 1.807) is 0 Å². The van der Waals surface area contributed by atoms with Gasteiger partial charge in [0.25, 0.3) is 0 Å². The summed E-state index contributed by atoms with van der Waals surface area (Å²) in [6, 6.07) is 0. The largest absolute Gasteiger partial charge is 0.505 e. The van der Waals surface area contributed by atoms with Crippen LogP contribution in [0.3, 0.4) is 0 Å². The first-order valence-corrected chi connectivity index (χ1v) is 14.7. The van der Waals surface area contributed by atoms with Gasteiger partial charge in [-0.1, -0.05) is 84.0 Å². The summed E-state index contributed by atoms with van der Waals surface area (Å²) in [6.07, 6.45) is 4.16. The average molecular weight is 577 g/mol. The van der Waals surface area contributed by atoms with Crippen LogP contribution in [0, 0.1) is 0 Å². The van der Waals surface area contributed by atoms with Crippen LogP contribution >= 0.6 is 0 Å². The first kappa shape index (κ1) is 34.2. The van der Waals surface area contributed by atoms with Crippen molar-refractivity contribution in [2.75, 3.05) is 13.2 Å². The predicted molar refractivity (Wildman–Crippen MR) is 142 cm³/mol. The monoisotopic (exact) mass is 576 g/mol. The topological polar surface area (TPSA) is 192 Å². The summed E-state index contributed by atoms with van der Waals surface area (Å²) in [4.78, 5) is 24.2. The van der Waals surface area contributed by atoms with E-state index >= 15 is 0 Å². The van der Waals surface area contributed by atoms with Gasteiger partial charge in [-0.2, -0.15) is 0 Å². The number of carbonyl (C=O) groups excluding carboxylic acids is 2. The lowest BCUT2D eigenvalue weighted by Gasteiger charge is -2.39. The number of hydrogen-bond acceptors (Lipinski definition) is 12. The van der Waals surface area contributed by atoms with Crippen molar-refractivity contribution in [3.63, 3.8) is 0 Å². The van der Waals surface area contributed by atoms with Crippen molar-refractivity contribution in [3.05, 3.63) is 11.5 Å². The van der Waals surface area contributed by atoms with Crippen LogP contribution < -0.4 is 0 Å². The Labute approximate surface area is 235 Å². The number of hydrogen-bond donors (Lipinski definition) is 6. The number of esters is 2. The summed E-state index contributed by atoms with van der Waals surface area (Å²) in [6.45, 7) is 0.973. The molecule has 0 spiro atoms. The molecule has 0 aromatic rings. The average Bonchev–Trinajstić information content (AvgIpc) is 3.22. The molecule has 0 radical (unpaired) electrons. The summed E-state index contributed by atoms with van der Waals surface area (Å²) in [5, 5.41) is 59.7. The van der Waals surface area contributed by atoms with E-state index in [9.17, 15) is 40.2 Å². The van der Waals surface area contributed by atoms with Gasteiger partial charge >= 0.3 is 11.9 Å². The molecule has 2 aliphatic heterocycles. The van der Waals surface area contributed by atoms with Gasteiger partial charge in [-0.15, -0.1) is 0 Å². The molecule has 1 saturated heterocycles. The maximum absolute atomic E-state index is 12.2. The molecule has 6 N–H and O–H groups in total. The maximum Gasteiger partial charge on any atom is 0.378 e. The van der Waals surface area contributed by atoms with Crippen LogP contribution in [0.2, 0.25) is 0 Å². The van der Waals surface area contributed by atoms with E-state index in [2.05, 4.69) is 6.92 Å². The Kier molecular flexibility index (Phi) is 15.8. The van der Waals surface area contributed by atoms with Gasteiger partial charge in [0.05, 0.1) is 6.61 Å². The van der Waals surface area contributed by atoms with Crippen LogP contribution in [0.25, 0.3) is 0 Å². The molecular formula is C28H48O12. The third kappa shape index (κ3) is 10.8. The molecular weight excluding hydrogens is 528 g/mol. The van der Waals surface area contributed by atoms with E-state index in [1.807, 2.05) is 0 Å². The Morgan fingerprint density at radius 1 is 0.875 bits per heavy atom. The Balaban J connectivity index is 1.62. The van der Waals surface area contributed by atoms with Crippen molar-refractivity contribution in [3.8, 4) is 0 Å². The minimum absolute atomic E-state index is 0.183. The molecule has 0 amide bonds. The fourth-order valence-corrected chi connectivity index (χ4v) is 4.73. The van der Waals surface area contributed by atoms with Crippen molar-refractivity contribution in [2.45, 2.75) is 140 Å². The Hall–Kier alpha value is -1.96. The first-order chi connectivity index (χ1) is 19.2. The highest BCUT2D eigenvalue weighted by molar-refractivity contribution is 5.89. The highest BCUT2D eigenvalue weighted by Crippen LogP contribution is 2.29. The predicted octanol–water partition coefficient (Wildman–Crippen LogP) is 1.88. The second kappa shape index (κ2) is 18.5. The summed E-state index contributed by atoms with van der Waals surface area (Å²) in [5.74, 6) is -3.31. The third-order valence-electron chi connectivity index (χ3n) is 7.25. The number of aliphatic hydroxyl groups excluding tert-OH is 6. The van der Waals surface area contributed by atoms with Gasteiger partial charge in [-0.25, -0.2) is 4.79 Å². The van der Waals surface area contributed by atoms with E-state index in [0.29, 0.717) is 6.42 Å². The highest BCUT2D eigenvalue weighted by Gasteiger charge is 2.48. The van der Waals surface area contributed by atoms with Crippen molar-refractivity contribution < 1.29 is 59.2 Å². The SMILES string of the molecule is CCCCCCCCCCCCCCCC(=O)OC[C@H](O)[C@H]1OC(=O)C(OC2O[C@H](CO)[C@@H](O)[C@H](O)[C@H]2O)=C1O. The second-order valence-corrected chi connectivity index (χ2v) is 10.6. The molecule has 1 fully saturated rings. The summed E-state index contributed by atoms with van der Waals surface area (Å²) < 4.78 is 20.3. The van der Waals surface area contributed by atoms with Gasteiger partial charge < -0.3 is 49.6 Å². The quantitative estimate of drug-likeness (QED) is 0.0912. The summed E-state index contributed by atoms with van der Waals surface area (Å²) in [5.41, 5.74) is 0. The minimum atomic E-state index is -1.82. The molecule has 0 aromatic carbocycles. The Bertz CT molecular complexity index is 785. The van der Waals surface area contributed by atoms with Gasteiger partial charge in [0.2, 0.25) is 12.0 Å². The molecule has 2 heterocycles. The minimum Gasteiger partial charge on any atom is -0.505 e. The molecule has 0 aliphatic carbocycles. The van der Waals surface area contributed by atoms with Gasteiger partial charge in [0, 0.05) is 6.42 Å². The van der Waals surface area contributed by atoms with Crippen molar-refractivity contribution in [1.29, 1.82) is 0 Å². The molecule has 0 aromatic heterocycles. The van der Waals surface area contributed by atoms with Crippen LogP contribution in [0.15, 0.2) is 11.5 Å². The summed E-state index contributed by atoms with van der Waals surface area (Å²) >= 11 is 0. The zero-order valence-electron chi connectivity index (χ0n) is 23.5. The fraction of sp³-hybridized carbons (Fsp3) is 0.857. The van der Waals surface area contributed by atoms with Crippen molar-refractivity contribution >= 4 is 11.9 Å². The molecule has 7 atom stereocenters. The zero-order chi connectivity index (χ0) is 29.5. The van der Waals surface area contributed by atoms with E-state index in [4.69, 9.17) is 18.9 Å². The van der Waals surface area contributed by atoms with E-state index in [-0.39, 0.29) is 6.42 Å².